The molecule has 2 N–H and O–H groups in total. The van der Waals surface area contributed by atoms with Gasteiger partial charge in [-0.15, -0.1) is 11.3 Å². The maximum Gasteiger partial charge on any atom is 0.195 e. The summed E-state index contributed by atoms with van der Waals surface area (Å²) >= 11 is 1.66. The minimum Gasteiger partial charge on any atom is -0.385 e. The first-order valence-corrected chi connectivity index (χ1v) is 7.95. The lowest BCUT2D eigenvalue weighted by Crippen LogP contribution is -2.26. The molecule has 2 rings (SSSR count). The second-order valence-electron chi connectivity index (χ2n) is 5.08. The fraction of sp³-hybridized carbons (Fsp3) is 0.643. The first-order chi connectivity index (χ1) is 9.67. The van der Waals surface area contributed by atoms with E-state index in [1.807, 2.05) is 0 Å². The van der Waals surface area contributed by atoms with Gasteiger partial charge in [0.1, 0.15) is 0 Å². The molecule has 5 nitrogen and oxygen atoms in total. The van der Waals surface area contributed by atoms with Crippen molar-refractivity contribution in [3.8, 4) is 0 Å². The Morgan fingerprint density at radius 3 is 3.05 bits per heavy atom. The molecule has 0 saturated carbocycles. The third-order valence-electron chi connectivity index (χ3n) is 3.52. The maximum atomic E-state index is 6.14. The van der Waals surface area contributed by atoms with E-state index in [4.69, 9.17) is 15.5 Å². The minimum atomic E-state index is 0.181. The van der Waals surface area contributed by atoms with Crippen molar-refractivity contribution in [2.75, 3.05) is 32.2 Å². The molecule has 0 fully saturated rings. The van der Waals surface area contributed by atoms with Crippen LogP contribution >= 0.6 is 11.3 Å². The van der Waals surface area contributed by atoms with Crippen molar-refractivity contribution >= 4 is 22.1 Å². The van der Waals surface area contributed by atoms with E-state index in [0.717, 1.165) is 43.2 Å². The fourth-order valence-corrected chi connectivity index (χ4v) is 2.99. The molecule has 2 heterocycles. The molecule has 2 aromatic heterocycles. The molecule has 112 valence electrons. The van der Waals surface area contributed by atoms with E-state index in [2.05, 4.69) is 34.8 Å². The van der Waals surface area contributed by atoms with Crippen LogP contribution in [0.25, 0.3) is 4.96 Å². The number of nitrogens with two attached hydrogens (primary N) is 1. The zero-order valence-corrected chi connectivity index (χ0v) is 13.3. The molecular weight excluding hydrogens is 272 g/mol. The van der Waals surface area contributed by atoms with Gasteiger partial charge in [0.25, 0.3) is 0 Å². The van der Waals surface area contributed by atoms with E-state index in [1.54, 1.807) is 18.4 Å². The molecular formula is C14H24N4OS. The normalized spacial score (nSPS) is 13.0. The first kappa shape index (κ1) is 15.3. The second-order valence-corrected chi connectivity index (χ2v) is 5.95. The molecule has 0 saturated heterocycles. The number of imidazole rings is 1. The molecule has 0 amide bonds. The van der Waals surface area contributed by atoms with E-state index >= 15 is 0 Å². The van der Waals surface area contributed by atoms with Crippen molar-refractivity contribution in [2.24, 2.45) is 5.73 Å². The molecule has 0 radical (unpaired) electrons. The van der Waals surface area contributed by atoms with Gasteiger partial charge >= 0.3 is 0 Å². The lowest BCUT2D eigenvalue weighted by atomic mass is 10.1. The Balaban J connectivity index is 2.21. The van der Waals surface area contributed by atoms with Gasteiger partial charge in [0.15, 0.2) is 10.8 Å². The van der Waals surface area contributed by atoms with Crippen LogP contribution in [0.15, 0.2) is 11.6 Å². The molecule has 0 aliphatic heterocycles. The van der Waals surface area contributed by atoms with Gasteiger partial charge in [-0.3, -0.25) is 4.40 Å². The van der Waals surface area contributed by atoms with Crippen molar-refractivity contribution in [3.05, 3.63) is 17.3 Å². The molecule has 0 aromatic carbocycles. The Bertz CT molecular complexity index is 536. The molecule has 6 heteroatoms. The van der Waals surface area contributed by atoms with Gasteiger partial charge in [-0.2, -0.15) is 0 Å². The van der Waals surface area contributed by atoms with E-state index < -0.39 is 0 Å². The van der Waals surface area contributed by atoms with Gasteiger partial charge in [-0.25, -0.2) is 4.98 Å². The molecule has 1 atom stereocenters. The van der Waals surface area contributed by atoms with Gasteiger partial charge in [0.2, 0.25) is 0 Å². The van der Waals surface area contributed by atoms with Crippen molar-refractivity contribution in [1.82, 2.24) is 9.38 Å². The predicted molar refractivity (Wildman–Crippen MR) is 84.8 cm³/mol. The van der Waals surface area contributed by atoms with Crippen molar-refractivity contribution < 1.29 is 4.74 Å². The highest BCUT2D eigenvalue weighted by Gasteiger charge is 2.18. The van der Waals surface area contributed by atoms with Crippen LogP contribution in [0.1, 0.15) is 25.5 Å². The van der Waals surface area contributed by atoms with Crippen LogP contribution in [-0.4, -0.2) is 42.7 Å². The summed E-state index contributed by atoms with van der Waals surface area (Å²) in [6.07, 6.45) is 4.91. The van der Waals surface area contributed by atoms with Gasteiger partial charge in [0, 0.05) is 51.3 Å². The van der Waals surface area contributed by atoms with E-state index in [-0.39, 0.29) is 6.04 Å². The van der Waals surface area contributed by atoms with Crippen LogP contribution in [0.2, 0.25) is 0 Å². The van der Waals surface area contributed by atoms with Crippen LogP contribution in [0.4, 0.5) is 5.82 Å². The summed E-state index contributed by atoms with van der Waals surface area (Å²) in [5.74, 6) is 1.05. The largest absolute Gasteiger partial charge is 0.385 e. The molecule has 0 aliphatic rings. The number of anilines is 1. The van der Waals surface area contributed by atoms with E-state index in [0.29, 0.717) is 0 Å². The van der Waals surface area contributed by atoms with Gasteiger partial charge in [0.05, 0.1) is 5.69 Å². The second kappa shape index (κ2) is 7.06. The molecule has 0 aliphatic carbocycles. The Labute approximate surface area is 124 Å². The van der Waals surface area contributed by atoms with E-state index in [1.165, 1.54) is 5.69 Å². The topological polar surface area (TPSA) is 55.8 Å². The molecule has 0 spiro atoms. The van der Waals surface area contributed by atoms with Crippen LogP contribution in [0.5, 0.6) is 0 Å². The fourth-order valence-electron chi connectivity index (χ4n) is 2.26. The van der Waals surface area contributed by atoms with Crippen molar-refractivity contribution in [2.45, 2.75) is 32.2 Å². The van der Waals surface area contributed by atoms with Gasteiger partial charge in [-0.05, 0) is 12.8 Å². The smallest absolute Gasteiger partial charge is 0.195 e. The summed E-state index contributed by atoms with van der Waals surface area (Å²) in [7, 11) is 3.82. The summed E-state index contributed by atoms with van der Waals surface area (Å²) in [4.78, 5) is 7.99. The highest BCUT2D eigenvalue weighted by atomic mass is 32.1. The van der Waals surface area contributed by atoms with Crippen LogP contribution in [0, 0.1) is 0 Å². The lowest BCUT2D eigenvalue weighted by molar-refractivity contribution is 0.196. The standard InChI is InChI=1S/C14H24N4OS/c1-4-11(15)10-12-13(17(2)6-5-8-19-3)16-14-18(12)7-9-20-14/h7,9,11H,4-6,8,10,15H2,1-3H3. The zero-order valence-electron chi connectivity index (χ0n) is 12.5. The van der Waals surface area contributed by atoms with Crippen molar-refractivity contribution in [3.63, 3.8) is 0 Å². The molecule has 0 bridgehead atoms. The number of nitrogens with zero attached hydrogens (tertiary/aromatic N) is 3. The third kappa shape index (κ3) is 3.31. The Morgan fingerprint density at radius 2 is 2.35 bits per heavy atom. The van der Waals surface area contributed by atoms with Crippen LogP contribution in [0.3, 0.4) is 0 Å². The number of rotatable bonds is 8. The highest BCUT2D eigenvalue weighted by molar-refractivity contribution is 7.15. The quantitative estimate of drug-likeness (QED) is 0.758. The average molecular weight is 296 g/mol. The molecule has 2 aromatic rings. The van der Waals surface area contributed by atoms with Crippen LogP contribution < -0.4 is 10.6 Å². The Hall–Kier alpha value is -1.11. The monoisotopic (exact) mass is 296 g/mol. The predicted octanol–water partition coefficient (Wildman–Crippen LogP) is 2.15. The SMILES string of the molecule is CCC(N)Cc1c(N(C)CCCOC)nc2sccn12. The molecule has 20 heavy (non-hydrogen) atoms. The number of fused-ring (bicyclic) bond motifs is 1. The summed E-state index contributed by atoms with van der Waals surface area (Å²) in [5.41, 5.74) is 7.36. The number of hydrogen-bond acceptors (Lipinski definition) is 5. The van der Waals surface area contributed by atoms with Gasteiger partial charge < -0.3 is 15.4 Å². The van der Waals surface area contributed by atoms with Crippen molar-refractivity contribution in [1.29, 1.82) is 0 Å². The summed E-state index contributed by atoms with van der Waals surface area (Å²) in [6, 6.07) is 0.181. The number of ether oxygens (including phenoxy) is 1. The number of hydrogen-bond donors (Lipinski definition) is 1. The first-order valence-electron chi connectivity index (χ1n) is 7.07. The Morgan fingerprint density at radius 1 is 1.55 bits per heavy atom. The van der Waals surface area contributed by atoms with Gasteiger partial charge in [-0.1, -0.05) is 6.92 Å². The average Bonchev–Trinajstić information content (AvgIpc) is 3.01. The number of methoxy groups -OCH3 is 1. The van der Waals surface area contributed by atoms with E-state index in [9.17, 15) is 0 Å². The molecule has 1 unspecified atom stereocenters. The summed E-state index contributed by atoms with van der Waals surface area (Å²) in [6.45, 7) is 3.84. The maximum absolute atomic E-state index is 6.14. The summed E-state index contributed by atoms with van der Waals surface area (Å²) in [5, 5.41) is 2.07. The third-order valence-corrected chi connectivity index (χ3v) is 4.28. The highest BCUT2D eigenvalue weighted by Crippen LogP contribution is 2.25. The lowest BCUT2D eigenvalue weighted by Gasteiger charge is -2.19. The number of aromatic nitrogens is 2. The minimum absolute atomic E-state index is 0.181. The zero-order chi connectivity index (χ0) is 14.5. The number of thiazole rings is 1. The Kier molecular flexibility index (Phi) is 5.39. The van der Waals surface area contributed by atoms with Crippen LogP contribution in [-0.2, 0) is 11.2 Å². The summed E-state index contributed by atoms with van der Waals surface area (Å²) < 4.78 is 7.28.